The lowest BCUT2D eigenvalue weighted by Crippen LogP contribution is -2.40. The summed E-state index contributed by atoms with van der Waals surface area (Å²) in [4.78, 5) is 24.6. The third-order valence-electron chi connectivity index (χ3n) is 3.79. The summed E-state index contributed by atoms with van der Waals surface area (Å²) >= 11 is 5.94. The first-order valence-corrected chi connectivity index (χ1v) is 7.78. The second-order valence-corrected chi connectivity index (χ2v) is 5.85. The number of hydrogen-bond acceptors (Lipinski definition) is 3. The van der Waals surface area contributed by atoms with E-state index in [0.29, 0.717) is 37.4 Å². The van der Waals surface area contributed by atoms with E-state index < -0.39 is 12.0 Å². The van der Waals surface area contributed by atoms with Gasteiger partial charge in [-0.15, -0.1) is 0 Å². The molecule has 1 aromatic rings. The summed E-state index contributed by atoms with van der Waals surface area (Å²) in [6, 6.07) is 4.76. The molecule has 0 radical (unpaired) electrons. The number of aryl methyl sites for hydroxylation is 1. The van der Waals surface area contributed by atoms with Crippen molar-refractivity contribution in [2.75, 3.05) is 13.2 Å². The van der Waals surface area contributed by atoms with Crippen molar-refractivity contribution in [2.24, 2.45) is 0 Å². The van der Waals surface area contributed by atoms with E-state index in [1.54, 1.807) is 12.1 Å². The molecule has 5 nitrogen and oxygen atoms in total. The Hall–Kier alpha value is -1.75. The highest BCUT2D eigenvalue weighted by Gasteiger charge is 2.33. The summed E-state index contributed by atoms with van der Waals surface area (Å²) in [6.07, 6.45) is 2.16. The zero-order valence-corrected chi connectivity index (χ0v) is 13.3. The smallest absolute Gasteiger partial charge is 0.326 e. The zero-order chi connectivity index (χ0) is 16.1. The van der Waals surface area contributed by atoms with Crippen molar-refractivity contribution < 1.29 is 19.4 Å². The molecule has 1 aliphatic rings. The van der Waals surface area contributed by atoms with Crippen molar-refractivity contribution in [3.8, 4) is 5.75 Å². The SMILES string of the molecule is Cc1cc(OCCCC(=O)N2CCC[C@H]2C(=O)O)ccc1Cl. The molecule has 0 saturated carbocycles. The third-order valence-corrected chi connectivity index (χ3v) is 4.22. The Morgan fingerprint density at radius 1 is 1.45 bits per heavy atom. The number of likely N-dealkylation sites (tertiary alicyclic amines) is 1. The normalized spacial score (nSPS) is 17.5. The van der Waals surface area contributed by atoms with Crippen molar-refractivity contribution in [3.05, 3.63) is 28.8 Å². The number of aliphatic carboxylic acids is 1. The molecule has 120 valence electrons. The van der Waals surface area contributed by atoms with E-state index in [9.17, 15) is 9.59 Å². The van der Waals surface area contributed by atoms with Gasteiger partial charge in [-0.1, -0.05) is 11.6 Å². The van der Waals surface area contributed by atoms with Gasteiger partial charge in [0.1, 0.15) is 11.8 Å². The van der Waals surface area contributed by atoms with Gasteiger partial charge in [0.25, 0.3) is 0 Å². The first-order chi connectivity index (χ1) is 10.5. The standard InChI is InChI=1S/C16H20ClNO4/c1-11-10-12(6-7-13(11)17)22-9-3-5-15(19)18-8-2-4-14(18)16(20)21/h6-7,10,14H,2-5,8-9H2,1H3,(H,20,21)/t14-/m0/s1. The third kappa shape index (κ3) is 4.13. The highest BCUT2D eigenvalue weighted by Crippen LogP contribution is 2.22. The molecule has 1 atom stereocenters. The minimum Gasteiger partial charge on any atom is -0.494 e. The maximum Gasteiger partial charge on any atom is 0.326 e. The molecule has 1 saturated heterocycles. The molecule has 1 amide bonds. The van der Waals surface area contributed by atoms with Crippen molar-refractivity contribution in [3.63, 3.8) is 0 Å². The molecule has 6 heteroatoms. The van der Waals surface area contributed by atoms with Crippen LogP contribution in [0.4, 0.5) is 0 Å². The van der Waals surface area contributed by atoms with Gasteiger partial charge in [0, 0.05) is 18.0 Å². The van der Waals surface area contributed by atoms with E-state index in [-0.39, 0.29) is 5.91 Å². The molecule has 1 heterocycles. The fourth-order valence-electron chi connectivity index (χ4n) is 2.59. The Balaban J connectivity index is 1.75. The summed E-state index contributed by atoms with van der Waals surface area (Å²) in [6.45, 7) is 2.85. The van der Waals surface area contributed by atoms with Crippen molar-refractivity contribution in [1.29, 1.82) is 0 Å². The highest BCUT2D eigenvalue weighted by atomic mass is 35.5. The average molecular weight is 326 g/mol. The van der Waals surface area contributed by atoms with Crippen LogP contribution in [0.5, 0.6) is 5.75 Å². The van der Waals surface area contributed by atoms with Gasteiger partial charge in [-0.25, -0.2) is 4.79 Å². The molecule has 2 rings (SSSR count). The maximum atomic E-state index is 12.1. The van der Waals surface area contributed by atoms with Crippen LogP contribution in [0.3, 0.4) is 0 Å². The second-order valence-electron chi connectivity index (χ2n) is 5.45. The topological polar surface area (TPSA) is 66.8 Å². The number of rotatable bonds is 6. The van der Waals surface area contributed by atoms with Crippen LogP contribution in [0.25, 0.3) is 0 Å². The zero-order valence-electron chi connectivity index (χ0n) is 12.5. The van der Waals surface area contributed by atoms with Gasteiger partial charge in [0.2, 0.25) is 5.91 Å². The number of ether oxygens (including phenoxy) is 1. The van der Waals surface area contributed by atoms with E-state index in [1.165, 1.54) is 4.90 Å². The lowest BCUT2D eigenvalue weighted by Gasteiger charge is -2.21. The summed E-state index contributed by atoms with van der Waals surface area (Å²) in [5.41, 5.74) is 0.941. The lowest BCUT2D eigenvalue weighted by atomic mass is 10.2. The van der Waals surface area contributed by atoms with Crippen LogP contribution in [0.15, 0.2) is 18.2 Å². The molecule has 1 N–H and O–H groups in total. The molecule has 0 aromatic heterocycles. The molecule has 0 spiro atoms. The van der Waals surface area contributed by atoms with Crippen LogP contribution in [0.1, 0.15) is 31.2 Å². The molecule has 22 heavy (non-hydrogen) atoms. The van der Waals surface area contributed by atoms with E-state index in [0.717, 1.165) is 17.7 Å². The average Bonchev–Trinajstić information content (AvgIpc) is 2.97. The number of carbonyl (C=O) groups is 2. The number of carboxylic acid groups (broad SMARTS) is 1. The Kier molecular flexibility index (Phi) is 5.66. The number of amides is 1. The number of carbonyl (C=O) groups excluding carboxylic acids is 1. The maximum absolute atomic E-state index is 12.1. The first kappa shape index (κ1) is 16.6. The van der Waals surface area contributed by atoms with Gasteiger partial charge in [-0.2, -0.15) is 0 Å². The second kappa shape index (κ2) is 7.49. The predicted octanol–water partition coefficient (Wildman–Crippen LogP) is 2.88. The number of carboxylic acids is 1. The van der Waals surface area contributed by atoms with E-state index in [2.05, 4.69) is 0 Å². The molecular formula is C16H20ClNO4. The number of nitrogens with zero attached hydrogens (tertiary/aromatic N) is 1. The molecular weight excluding hydrogens is 306 g/mol. The van der Waals surface area contributed by atoms with Crippen LogP contribution < -0.4 is 4.74 Å². The molecule has 1 aliphatic heterocycles. The van der Waals surface area contributed by atoms with Gasteiger partial charge in [-0.05, 0) is 49.9 Å². The van der Waals surface area contributed by atoms with Gasteiger partial charge < -0.3 is 14.7 Å². The minimum atomic E-state index is -0.918. The van der Waals surface area contributed by atoms with Crippen LogP contribution >= 0.6 is 11.6 Å². The van der Waals surface area contributed by atoms with Crippen LogP contribution in [0, 0.1) is 6.92 Å². The molecule has 1 aromatic carbocycles. The predicted molar refractivity (Wildman–Crippen MR) is 83.3 cm³/mol. The van der Waals surface area contributed by atoms with Crippen molar-refractivity contribution >= 4 is 23.5 Å². The minimum absolute atomic E-state index is 0.110. The van der Waals surface area contributed by atoms with E-state index in [4.69, 9.17) is 21.4 Å². The van der Waals surface area contributed by atoms with Crippen LogP contribution in [0.2, 0.25) is 5.02 Å². The van der Waals surface area contributed by atoms with Gasteiger partial charge in [-0.3, -0.25) is 4.79 Å². The Morgan fingerprint density at radius 3 is 2.91 bits per heavy atom. The summed E-state index contributed by atoms with van der Waals surface area (Å²) in [5.74, 6) is -0.307. The largest absolute Gasteiger partial charge is 0.494 e. The Bertz CT molecular complexity index is 561. The monoisotopic (exact) mass is 325 g/mol. The van der Waals surface area contributed by atoms with Crippen LogP contribution in [-0.4, -0.2) is 41.1 Å². The number of hydrogen-bond donors (Lipinski definition) is 1. The van der Waals surface area contributed by atoms with Crippen molar-refractivity contribution in [1.82, 2.24) is 4.90 Å². The first-order valence-electron chi connectivity index (χ1n) is 7.40. The molecule has 0 aliphatic carbocycles. The Morgan fingerprint density at radius 2 is 2.23 bits per heavy atom. The molecule has 0 bridgehead atoms. The van der Waals surface area contributed by atoms with Crippen LogP contribution in [-0.2, 0) is 9.59 Å². The molecule has 1 fully saturated rings. The van der Waals surface area contributed by atoms with Gasteiger partial charge in [0.05, 0.1) is 6.61 Å². The highest BCUT2D eigenvalue weighted by molar-refractivity contribution is 6.31. The van der Waals surface area contributed by atoms with E-state index >= 15 is 0 Å². The van der Waals surface area contributed by atoms with Gasteiger partial charge in [0.15, 0.2) is 0 Å². The fourth-order valence-corrected chi connectivity index (χ4v) is 2.70. The number of halogens is 1. The Labute approximate surface area is 134 Å². The fraction of sp³-hybridized carbons (Fsp3) is 0.500. The van der Waals surface area contributed by atoms with E-state index in [1.807, 2.05) is 13.0 Å². The summed E-state index contributed by atoms with van der Waals surface area (Å²) in [5, 5.41) is 9.76. The lowest BCUT2D eigenvalue weighted by molar-refractivity contribution is -0.148. The quantitative estimate of drug-likeness (QED) is 0.817. The number of benzene rings is 1. The van der Waals surface area contributed by atoms with Gasteiger partial charge >= 0.3 is 5.97 Å². The summed E-state index contributed by atoms with van der Waals surface area (Å²) < 4.78 is 5.58. The molecule has 0 unspecified atom stereocenters. The summed E-state index contributed by atoms with van der Waals surface area (Å²) in [7, 11) is 0. The van der Waals surface area contributed by atoms with Crippen molar-refractivity contribution in [2.45, 2.75) is 38.6 Å².